The summed E-state index contributed by atoms with van der Waals surface area (Å²) in [5.74, 6) is -0.806. The highest BCUT2D eigenvalue weighted by Crippen LogP contribution is 2.33. The topological polar surface area (TPSA) is 21.3 Å². The van der Waals surface area contributed by atoms with E-state index in [4.69, 9.17) is 4.74 Å². The van der Waals surface area contributed by atoms with Gasteiger partial charge in [0.15, 0.2) is 0 Å². The van der Waals surface area contributed by atoms with Gasteiger partial charge in [-0.1, -0.05) is 22.0 Å². The minimum Gasteiger partial charge on any atom is -0.487 e. The Bertz CT molecular complexity index is 673. The lowest BCUT2D eigenvalue weighted by Gasteiger charge is -2.13. The fourth-order valence-electron chi connectivity index (χ4n) is 1.86. The van der Waals surface area contributed by atoms with Crippen LogP contribution in [0.1, 0.15) is 11.1 Å². The normalized spacial score (nSPS) is 11.4. The fraction of sp³-hybridized carbons (Fsp3) is 0.200. The van der Waals surface area contributed by atoms with Crippen molar-refractivity contribution in [2.45, 2.75) is 12.8 Å². The van der Waals surface area contributed by atoms with E-state index in [1.807, 2.05) is 0 Å². The standard InChI is InChI=1S/C15H12BrF4NO/c1-21-13-7-10(16)3-5-14(13)22-8-9-2-4-12(17)11(6-9)15(18,19)20/h2-7,21H,8H2,1H3. The molecule has 0 aromatic heterocycles. The Morgan fingerprint density at radius 3 is 2.50 bits per heavy atom. The van der Waals surface area contributed by atoms with Gasteiger partial charge in [0.25, 0.3) is 0 Å². The van der Waals surface area contributed by atoms with E-state index in [1.54, 1.807) is 25.2 Å². The van der Waals surface area contributed by atoms with Gasteiger partial charge < -0.3 is 10.1 Å². The Morgan fingerprint density at radius 1 is 1.14 bits per heavy atom. The molecule has 0 aliphatic rings. The third-order valence-electron chi connectivity index (χ3n) is 2.94. The highest BCUT2D eigenvalue weighted by atomic mass is 79.9. The first-order valence-electron chi connectivity index (χ1n) is 6.27. The lowest BCUT2D eigenvalue weighted by Crippen LogP contribution is -2.09. The van der Waals surface area contributed by atoms with Gasteiger partial charge in [-0.05, 0) is 35.9 Å². The maximum atomic E-state index is 13.2. The van der Waals surface area contributed by atoms with Crippen LogP contribution in [0.3, 0.4) is 0 Å². The zero-order valence-corrected chi connectivity index (χ0v) is 13.1. The average molecular weight is 378 g/mol. The Kier molecular flexibility index (Phi) is 4.95. The molecule has 22 heavy (non-hydrogen) atoms. The van der Waals surface area contributed by atoms with Gasteiger partial charge in [0.1, 0.15) is 18.2 Å². The Morgan fingerprint density at radius 2 is 1.86 bits per heavy atom. The molecule has 0 saturated heterocycles. The highest BCUT2D eigenvalue weighted by Gasteiger charge is 2.34. The van der Waals surface area contributed by atoms with Gasteiger partial charge in [0, 0.05) is 11.5 Å². The maximum Gasteiger partial charge on any atom is 0.419 e. The smallest absolute Gasteiger partial charge is 0.419 e. The SMILES string of the molecule is CNc1cc(Br)ccc1OCc1ccc(F)c(C(F)(F)F)c1. The predicted molar refractivity (Wildman–Crippen MR) is 79.4 cm³/mol. The molecule has 0 atom stereocenters. The lowest BCUT2D eigenvalue weighted by molar-refractivity contribution is -0.140. The van der Waals surface area contributed by atoms with Crippen LogP contribution in [0.15, 0.2) is 40.9 Å². The zero-order valence-electron chi connectivity index (χ0n) is 11.5. The molecule has 2 nitrogen and oxygen atoms in total. The number of hydrogen-bond acceptors (Lipinski definition) is 2. The second kappa shape index (κ2) is 6.56. The molecule has 0 aliphatic carbocycles. The molecule has 0 spiro atoms. The third kappa shape index (κ3) is 3.91. The molecular weight excluding hydrogens is 366 g/mol. The largest absolute Gasteiger partial charge is 0.487 e. The summed E-state index contributed by atoms with van der Waals surface area (Å²) in [6, 6.07) is 8.03. The van der Waals surface area contributed by atoms with E-state index in [0.29, 0.717) is 11.4 Å². The van der Waals surface area contributed by atoms with Crippen molar-refractivity contribution in [2.24, 2.45) is 0 Å². The van der Waals surface area contributed by atoms with E-state index < -0.39 is 17.6 Å². The third-order valence-corrected chi connectivity index (χ3v) is 3.43. The Hall–Kier alpha value is -1.76. The molecule has 118 valence electrons. The fourth-order valence-corrected chi connectivity index (χ4v) is 2.23. The first kappa shape index (κ1) is 16.6. The number of alkyl halides is 3. The quantitative estimate of drug-likeness (QED) is 0.736. The maximum absolute atomic E-state index is 13.2. The molecule has 0 bridgehead atoms. The minimum absolute atomic E-state index is 0.0975. The van der Waals surface area contributed by atoms with Crippen LogP contribution in [-0.4, -0.2) is 7.05 Å². The van der Waals surface area contributed by atoms with Gasteiger partial charge >= 0.3 is 6.18 Å². The number of ether oxygens (including phenoxy) is 1. The van der Waals surface area contributed by atoms with Gasteiger partial charge in [-0.3, -0.25) is 0 Å². The molecule has 0 aliphatic heterocycles. The van der Waals surface area contributed by atoms with Crippen LogP contribution in [-0.2, 0) is 12.8 Å². The van der Waals surface area contributed by atoms with Crippen LogP contribution in [0.2, 0.25) is 0 Å². The molecule has 2 aromatic rings. The molecule has 0 fully saturated rings. The van der Waals surface area contributed by atoms with Crippen molar-refractivity contribution in [3.05, 3.63) is 57.8 Å². The number of hydrogen-bond donors (Lipinski definition) is 1. The summed E-state index contributed by atoms with van der Waals surface area (Å²) in [5.41, 5.74) is -0.371. The molecule has 0 amide bonds. The summed E-state index contributed by atoms with van der Waals surface area (Å²) in [7, 11) is 1.70. The van der Waals surface area contributed by atoms with E-state index in [2.05, 4.69) is 21.2 Å². The van der Waals surface area contributed by atoms with E-state index in [-0.39, 0.29) is 12.2 Å². The van der Waals surface area contributed by atoms with Crippen molar-refractivity contribution < 1.29 is 22.3 Å². The second-order valence-electron chi connectivity index (χ2n) is 4.49. The number of halogens is 5. The van der Waals surface area contributed by atoms with E-state index in [1.165, 1.54) is 6.07 Å². The van der Waals surface area contributed by atoms with E-state index in [9.17, 15) is 17.6 Å². The molecule has 0 radical (unpaired) electrons. The van der Waals surface area contributed by atoms with E-state index in [0.717, 1.165) is 16.6 Å². The van der Waals surface area contributed by atoms with Crippen molar-refractivity contribution in [1.29, 1.82) is 0 Å². The van der Waals surface area contributed by atoms with Crippen LogP contribution < -0.4 is 10.1 Å². The van der Waals surface area contributed by atoms with Crippen LogP contribution in [0.4, 0.5) is 23.2 Å². The molecule has 0 saturated carbocycles. The van der Waals surface area contributed by atoms with Crippen LogP contribution in [0.5, 0.6) is 5.75 Å². The van der Waals surface area contributed by atoms with Gasteiger partial charge in [0.2, 0.25) is 0 Å². The molecule has 2 rings (SSSR count). The van der Waals surface area contributed by atoms with E-state index >= 15 is 0 Å². The lowest BCUT2D eigenvalue weighted by atomic mass is 10.1. The summed E-state index contributed by atoms with van der Waals surface area (Å²) in [6.45, 7) is -0.0975. The number of anilines is 1. The Labute approximate surface area is 133 Å². The first-order valence-corrected chi connectivity index (χ1v) is 7.06. The van der Waals surface area contributed by atoms with Crippen LogP contribution >= 0.6 is 15.9 Å². The molecule has 0 heterocycles. The molecule has 7 heteroatoms. The predicted octanol–water partition coefficient (Wildman–Crippen LogP) is 5.23. The highest BCUT2D eigenvalue weighted by molar-refractivity contribution is 9.10. The number of benzene rings is 2. The van der Waals surface area contributed by atoms with Crippen molar-refractivity contribution in [2.75, 3.05) is 12.4 Å². The first-order chi connectivity index (χ1) is 10.3. The molecular formula is C15H12BrF4NO. The Balaban J connectivity index is 2.19. The van der Waals surface area contributed by atoms with Gasteiger partial charge in [-0.25, -0.2) is 4.39 Å². The van der Waals surface area contributed by atoms with Crippen molar-refractivity contribution >= 4 is 21.6 Å². The molecule has 2 aromatic carbocycles. The summed E-state index contributed by atoms with van der Waals surface area (Å²) in [4.78, 5) is 0. The number of nitrogens with one attached hydrogen (secondary N) is 1. The summed E-state index contributed by atoms with van der Waals surface area (Å²) in [6.07, 6.45) is -4.73. The van der Waals surface area contributed by atoms with Crippen LogP contribution in [0, 0.1) is 5.82 Å². The molecule has 1 N–H and O–H groups in total. The van der Waals surface area contributed by atoms with Crippen LogP contribution in [0.25, 0.3) is 0 Å². The summed E-state index contributed by atoms with van der Waals surface area (Å²) >= 11 is 3.31. The van der Waals surface area contributed by atoms with Crippen molar-refractivity contribution in [3.63, 3.8) is 0 Å². The van der Waals surface area contributed by atoms with Gasteiger partial charge in [-0.2, -0.15) is 13.2 Å². The summed E-state index contributed by atoms with van der Waals surface area (Å²) in [5, 5.41) is 2.92. The van der Waals surface area contributed by atoms with Crippen molar-refractivity contribution in [3.8, 4) is 5.75 Å². The van der Waals surface area contributed by atoms with Gasteiger partial charge in [0.05, 0.1) is 11.3 Å². The number of rotatable bonds is 4. The summed E-state index contributed by atoms with van der Waals surface area (Å²) < 4.78 is 57.5. The molecule has 0 unspecified atom stereocenters. The minimum atomic E-state index is -4.73. The second-order valence-corrected chi connectivity index (χ2v) is 5.41. The van der Waals surface area contributed by atoms with Crippen molar-refractivity contribution in [1.82, 2.24) is 0 Å². The van der Waals surface area contributed by atoms with Gasteiger partial charge in [-0.15, -0.1) is 0 Å². The monoisotopic (exact) mass is 377 g/mol. The average Bonchev–Trinajstić information content (AvgIpc) is 2.46. The zero-order chi connectivity index (χ0) is 16.3.